The number of halogens is 1. The molecule has 1 aliphatic carbocycles. The van der Waals surface area contributed by atoms with E-state index in [1.165, 1.54) is 6.08 Å². The first kappa shape index (κ1) is 16.4. The quantitative estimate of drug-likeness (QED) is 0.463. The smallest absolute Gasteiger partial charge is 0.312 e. The Hall–Kier alpha value is -2.01. The van der Waals surface area contributed by atoms with E-state index in [-0.39, 0.29) is 11.7 Å². The highest BCUT2D eigenvalue weighted by Crippen LogP contribution is 2.20. The number of benzene rings is 1. The Morgan fingerprint density at radius 3 is 2.55 bits per heavy atom. The van der Waals surface area contributed by atoms with Gasteiger partial charge in [-0.1, -0.05) is 31.1 Å². The van der Waals surface area contributed by atoms with Gasteiger partial charge in [0.25, 0.3) is 0 Å². The van der Waals surface area contributed by atoms with Crippen LogP contribution in [0.4, 0.5) is 0 Å². The molecule has 22 heavy (non-hydrogen) atoms. The van der Waals surface area contributed by atoms with Crippen molar-refractivity contribution in [2.24, 2.45) is 11.1 Å². The zero-order chi connectivity index (χ0) is 16.3. The van der Waals surface area contributed by atoms with Gasteiger partial charge in [-0.2, -0.15) is 0 Å². The van der Waals surface area contributed by atoms with Crippen molar-refractivity contribution in [1.82, 2.24) is 0 Å². The van der Waals surface area contributed by atoms with Gasteiger partial charge in [0.1, 0.15) is 5.71 Å². The van der Waals surface area contributed by atoms with E-state index >= 15 is 0 Å². The Balaban J connectivity index is 2.22. The van der Waals surface area contributed by atoms with Gasteiger partial charge in [0.05, 0.1) is 5.56 Å². The van der Waals surface area contributed by atoms with Gasteiger partial charge in [0, 0.05) is 10.0 Å². The normalized spacial score (nSPS) is 16.6. The van der Waals surface area contributed by atoms with Gasteiger partial charge in [-0.05, 0) is 58.6 Å². The molecule has 0 aliphatic heterocycles. The highest BCUT2D eigenvalue weighted by atomic mass is 79.9. The highest BCUT2D eigenvalue weighted by Gasteiger charge is 2.19. The summed E-state index contributed by atoms with van der Waals surface area (Å²) in [5.74, 6) is -0.492. The zero-order valence-electron chi connectivity index (χ0n) is 12.6. The molecule has 4 nitrogen and oxygen atoms in total. The van der Waals surface area contributed by atoms with E-state index < -0.39 is 5.97 Å². The predicted molar refractivity (Wildman–Crippen MR) is 88.7 cm³/mol. The van der Waals surface area contributed by atoms with E-state index in [4.69, 9.17) is 4.84 Å². The number of carbonyl (C=O) groups excluding carboxylic acids is 2. The molecule has 0 saturated heterocycles. The molecule has 0 N–H and O–H groups in total. The molecule has 0 saturated carbocycles. The second kappa shape index (κ2) is 6.83. The number of rotatable bonds is 3. The molecule has 0 heterocycles. The molecule has 114 valence electrons. The van der Waals surface area contributed by atoms with E-state index in [0.29, 0.717) is 26.9 Å². The van der Waals surface area contributed by atoms with Crippen molar-refractivity contribution in [3.8, 4) is 0 Å². The molecule has 1 aliphatic rings. The molecule has 0 spiro atoms. The van der Waals surface area contributed by atoms with Crippen molar-refractivity contribution in [2.45, 2.75) is 20.8 Å². The van der Waals surface area contributed by atoms with Crippen molar-refractivity contribution in [3.63, 3.8) is 0 Å². The fourth-order valence-corrected chi connectivity index (χ4v) is 2.45. The minimum absolute atomic E-state index is 0.0245. The van der Waals surface area contributed by atoms with Crippen LogP contribution >= 0.6 is 15.9 Å². The van der Waals surface area contributed by atoms with Gasteiger partial charge in [-0.15, -0.1) is 0 Å². The summed E-state index contributed by atoms with van der Waals surface area (Å²) in [6, 6.07) is 6.96. The highest BCUT2D eigenvalue weighted by molar-refractivity contribution is 9.10. The van der Waals surface area contributed by atoms with Gasteiger partial charge in [-0.25, -0.2) is 4.79 Å². The van der Waals surface area contributed by atoms with Crippen LogP contribution in [-0.2, 0) is 9.63 Å². The Labute approximate surface area is 137 Å². The summed E-state index contributed by atoms with van der Waals surface area (Å²) in [4.78, 5) is 28.9. The molecule has 0 aromatic heterocycles. The summed E-state index contributed by atoms with van der Waals surface area (Å²) in [5, 5.41) is 3.90. The summed E-state index contributed by atoms with van der Waals surface area (Å²) in [7, 11) is 0. The van der Waals surface area contributed by atoms with Gasteiger partial charge in [0.2, 0.25) is 0 Å². The van der Waals surface area contributed by atoms with E-state index in [0.717, 1.165) is 0 Å². The van der Waals surface area contributed by atoms with Crippen molar-refractivity contribution < 1.29 is 14.4 Å². The monoisotopic (exact) mass is 361 g/mol. The second-order valence-electron chi connectivity index (χ2n) is 5.28. The number of ketones is 1. The first-order valence-electron chi connectivity index (χ1n) is 6.88. The van der Waals surface area contributed by atoms with Crippen LogP contribution in [0.2, 0.25) is 0 Å². The summed E-state index contributed by atoms with van der Waals surface area (Å²) < 4.78 is 0.643. The standard InChI is InChI=1S/C17H16BrNO3/c1-10(2)13-9-15(11(3)8-16(13)20)19-22-17(21)12-6-4-5-7-14(12)18/h4-10H,1-3H3/b19-15-. The van der Waals surface area contributed by atoms with E-state index in [1.54, 1.807) is 31.2 Å². The summed E-state index contributed by atoms with van der Waals surface area (Å²) in [6.07, 6.45) is 3.19. The summed E-state index contributed by atoms with van der Waals surface area (Å²) >= 11 is 3.29. The van der Waals surface area contributed by atoms with Gasteiger partial charge in [-0.3, -0.25) is 4.79 Å². The molecule has 0 atom stereocenters. The fourth-order valence-electron chi connectivity index (χ4n) is 2.00. The molecule has 1 aromatic carbocycles. The maximum atomic E-state index is 12.0. The molecular formula is C17H16BrNO3. The van der Waals surface area contributed by atoms with Crippen LogP contribution in [-0.4, -0.2) is 17.5 Å². The van der Waals surface area contributed by atoms with Crippen molar-refractivity contribution in [2.75, 3.05) is 0 Å². The Morgan fingerprint density at radius 2 is 1.91 bits per heavy atom. The topological polar surface area (TPSA) is 55.7 Å². The molecular weight excluding hydrogens is 346 g/mol. The number of nitrogens with zero attached hydrogens (tertiary/aromatic N) is 1. The summed E-state index contributed by atoms with van der Waals surface area (Å²) in [6.45, 7) is 5.63. The van der Waals surface area contributed by atoms with E-state index in [9.17, 15) is 9.59 Å². The maximum Gasteiger partial charge on any atom is 0.366 e. The largest absolute Gasteiger partial charge is 0.366 e. The van der Waals surface area contributed by atoms with Gasteiger partial charge in [0.15, 0.2) is 5.78 Å². The lowest BCUT2D eigenvalue weighted by atomic mass is 9.90. The van der Waals surface area contributed by atoms with Crippen molar-refractivity contribution in [1.29, 1.82) is 0 Å². The Kier molecular flexibility index (Phi) is 5.08. The lowest BCUT2D eigenvalue weighted by Gasteiger charge is -2.14. The SMILES string of the molecule is CC1=CC(=O)C(C(C)C)=C/C1=N/OC(=O)c1ccccc1Br. The van der Waals surface area contributed by atoms with Crippen LogP contribution < -0.4 is 0 Å². The average molecular weight is 362 g/mol. The molecule has 0 radical (unpaired) electrons. The Bertz CT molecular complexity index is 714. The van der Waals surface area contributed by atoms with Crippen LogP contribution in [0.25, 0.3) is 0 Å². The molecule has 0 fully saturated rings. The van der Waals surface area contributed by atoms with Crippen LogP contribution in [0.1, 0.15) is 31.1 Å². The molecule has 5 heteroatoms. The molecule has 1 aromatic rings. The number of carbonyl (C=O) groups is 2. The van der Waals surface area contributed by atoms with Crippen molar-refractivity contribution in [3.05, 3.63) is 57.6 Å². The third-order valence-electron chi connectivity index (χ3n) is 3.27. The lowest BCUT2D eigenvalue weighted by molar-refractivity contribution is -0.111. The average Bonchev–Trinajstić information content (AvgIpc) is 2.46. The van der Waals surface area contributed by atoms with Crippen LogP contribution in [0.5, 0.6) is 0 Å². The van der Waals surface area contributed by atoms with Crippen LogP contribution in [0, 0.1) is 5.92 Å². The third-order valence-corrected chi connectivity index (χ3v) is 3.96. The number of oxime groups is 1. The van der Waals surface area contributed by atoms with Gasteiger partial charge < -0.3 is 4.84 Å². The minimum Gasteiger partial charge on any atom is -0.312 e. The predicted octanol–water partition coefficient (Wildman–Crippen LogP) is 4.07. The Morgan fingerprint density at radius 1 is 1.23 bits per heavy atom. The minimum atomic E-state index is -0.552. The molecule has 2 rings (SSSR count). The lowest BCUT2D eigenvalue weighted by Crippen LogP contribution is -2.16. The van der Waals surface area contributed by atoms with E-state index in [1.807, 2.05) is 19.9 Å². The number of allylic oxidation sites excluding steroid dienone is 4. The van der Waals surface area contributed by atoms with Crippen LogP contribution in [0.15, 0.2) is 57.2 Å². The zero-order valence-corrected chi connectivity index (χ0v) is 14.2. The van der Waals surface area contributed by atoms with Crippen molar-refractivity contribution >= 4 is 33.4 Å². The van der Waals surface area contributed by atoms with Crippen LogP contribution in [0.3, 0.4) is 0 Å². The first-order chi connectivity index (χ1) is 10.4. The fraction of sp³-hybridized carbons (Fsp3) is 0.235. The molecule has 0 amide bonds. The second-order valence-corrected chi connectivity index (χ2v) is 6.14. The van der Waals surface area contributed by atoms with Gasteiger partial charge >= 0.3 is 5.97 Å². The summed E-state index contributed by atoms with van der Waals surface area (Å²) in [5.41, 5.74) is 2.22. The number of hydrogen-bond donors (Lipinski definition) is 0. The first-order valence-corrected chi connectivity index (χ1v) is 7.68. The molecule has 0 unspecified atom stereocenters. The third kappa shape index (κ3) is 3.60. The number of hydrogen-bond acceptors (Lipinski definition) is 4. The maximum absolute atomic E-state index is 12.0. The molecule has 0 bridgehead atoms. The van der Waals surface area contributed by atoms with E-state index in [2.05, 4.69) is 21.1 Å².